The molecule has 0 spiro atoms. The fourth-order valence-electron chi connectivity index (χ4n) is 6.80. The highest BCUT2D eigenvalue weighted by Crippen LogP contribution is 2.25. The van der Waals surface area contributed by atoms with Crippen LogP contribution < -0.4 is 19.5 Å². The molecular weight excluding hydrogens is 803 g/mol. The molecule has 17 nitrogen and oxygen atoms in total. The quantitative estimate of drug-likeness (QED) is 0.0615. The van der Waals surface area contributed by atoms with Gasteiger partial charge in [0.1, 0.15) is 28.8 Å². The predicted octanol–water partition coefficient (Wildman–Crippen LogP) is 5.19. The topological polar surface area (TPSA) is 233 Å². The fourth-order valence-corrected chi connectivity index (χ4v) is 7.49. The molecule has 0 saturated carbocycles. The monoisotopic (exact) mass is 839 g/mol. The molecule has 0 radical (unpaired) electrons. The van der Waals surface area contributed by atoms with E-state index in [0.29, 0.717) is 63.4 Å². The molecule has 3 heterocycles. The van der Waals surface area contributed by atoms with Crippen molar-refractivity contribution in [2.75, 3.05) is 0 Å². The molecule has 306 valence electrons. The minimum Gasteiger partial charge on any atom is -0.716 e. The summed E-state index contributed by atoms with van der Waals surface area (Å²) in [6, 6.07) is 25.5. The van der Waals surface area contributed by atoms with Gasteiger partial charge < -0.3 is 17.5 Å². The van der Waals surface area contributed by atoms with Crippen molar-refractivity contribution in [1.82, 2.24) is 34.1 Å². The van der Waals surface area contributed by atoms with Crippen molar-refractivity contribution in [3.05, 3.63) is 130 Å². The van der Waals surface area contributed by atoms with Gasteiger partial charge in [0.15, 0.2) is 0 Å². The molecule has 0 bridgehead atoms. The molecule has 0 amide bonds. The molecule has 0 N–H and O–H groups in total. The molecule has 0 unspecified atom stereocenters. The summed E-state index contributed by atoms with van der Waals surface area (Å²) in [4.78, 5) is 36.6. The average Bonchev–Trinajstić information content (AvgIpc) is 3.65. The van der Waals surface area contributed by atoms with Crippen LogP contribution in [0, 0.1) is 0 Å². The second-order valence-corrected chi connectivity index (χ2v) is 15.7. The van der Waals surface area contributed by atoms with Crippen molar-refractivity contribution >= 4 is 42.6 Å². The van der Waals surface area contributed by atoms with Crippen LogP contribution in [-0.2, 0) is 40.4 Å². The summed E-state index contributed by atoms with van der Waals surface area (Å²) in [5.74, 6) is 0.457. The Morgan fingerprint density at radius 2 is 0.983 bits per heavy atom. The third-order valence-corrected chi connectivity index (χ3v) is 10.3. The van der Waals surface area contributed by atoms with E-state index in [1.807, 2.05) is 0 Å². The number of unbranched alkanes of at least 4 members (excludes halogenated alkanes) is 6. The zero-order valence-electron chi connectivity index (χ0n) is 31.4. The summed E-state index contributed by atoms with van der Waals surface area (Å²) in [5.41, 5.74) is 2.18. The third-order valence-electron chi connectivity index (χ3n) is 9.52. The Labute approximate surface area is 338 Å². The van der Waals surface area contributed by atoms with E-state index in [0.717, 1.165) is 44.9 Å². The van der Waals surface area contributed by atoms with Crippen LogP contribution in [0.2, 0.25) is 0 Å². The van der Waals surface area contributed by atoms with Gasteiger partial charge in [-0.1, -0.05) is 61.6 Å². The number of aryl methyl sites for hydroxylation is 1. The molecule has 19 heteroatoms. The van der Waals surface area contributed by atoms with E-state index in [1.54, 1.807) is 76.1 Å². The van der Waals surface area contributed by atoms with Gasteiger partial charge in [0.05, 0.1) is 34.5 Å². The van der Waals surface area contributed by atoms with Crippen LogP contribution in [0.1, 0.15) is 50.6 Å². The van der Waals surface area contributed by atoms with Crippen LogP contribution in [0.3, 0.4) is 0 Å². The van der Waals surface area contributed by atoms with Crippen molar-refractivity contribution < 1.29 is 34.3 Å². The first-order valence-electron chi connectivity index (χ1n) is 18.7. The number of hydrogen-bond donors (Lipinski definition) is 0. The molecule has 0 saturated heterocycles. The van der Waals surface area contributed by atoms with Crippen molar-refractivity contribution in [3.8, 4) is 34.3 Å². The van der Waals surface area contributed by atoms with Crippen molar-refractivity contribution in [2.24, 2.45) is 0 Å². The summed E-state index contributed by atoms with van der Waals surface area (Å²) in [7, 11) is -9.87. The SMILES string of the molecule is O=c1c2ccccc2nc(-c2ccc(OS(=O)(=O)[O-])cc2)n1CCCCCCCCCn1cc(Cn2c(-c3ccc(OS(=O)(=O)[O-])cc3)nc3ccccc3c2=O)nn1. The second kappa shape index (κ2) is 17.7. The van der Waals surface area contributed by atoms with Gasteiger partial charge in [-0.15, -0.1) is 5.10 Å². The lowest BCUT2D eigenvalue weighted by molar-refractivity contribution is 0.370. The fraction of sp³-hybridized carbons (Fsp3) is 0.250. The number of hydrogen-bond acceptors (Lipinski definition) is 14. The second-order valence-electron chi connectivity index (χ2n) is 13.7. The molecule has 0 atom stereocenters. The van der Waals surface area contributed by atoms with E-state index in [2.05, 4.69) is 18.7 Å². The molecule has 7 aromatic rings. The molecule has 59 heavy (non-hydrogen) atoms. The molecule has 0 aliphatic rings. The summed E-state index contributed by atoms with van der Waals surface area (Å²) >= 11 is 0. The zero-order valence-corrected chi connectivity index (χ0v) is 33.0. The van der Waals surface area contributed by atoms with Crippen molar-refractivity contribution in [1.29, 1.82) is 0 Å². The number of nitrogens with zero attached hydrogens (tertiary/aromatic N) is 7. The average molecular weight is 840 g/mol. The molecule has 0 aliphatic carbocycles. The van der Waals surface area contributed by atoms with Crippen LogP contribution in [0.15, 0.2) is 113 Å². The Kier molecular flexibility index (Phi) is 12.3. The van der Waals surface area contributed by atoms with Crippen molar-refractivity contribution in [2.45, 2.75) is 64.6 Å². The molecular formula is C40H37N7O10S2-2. The smallest absolute Gasteiger partial charge is 0.262 e. The largest absolute Gasteiger partial charge is 0.716 e. The van der Waals surface area contributed by atoms with E-state index < -0.39 is 20.8 Å². The van der Waals surface area contributed by atoms with Crippen molar-refractivity contribution in [3.63, 3.8) is 0 Å². The summed E-state index contributed by atoms with van der Waals surface area (Å²) < 4.78 is 79.8. The number of rotatable bonds is 18. The van der Waals surface area contributed by atoms with Gasteiger partial charge in [-0.2, -0.15) is 0 Å². The Bertz CT molecular complexity index is 2950. The predicted molar refractivity (Wildman–Crippen MR) is 215 cm³/mol. The van der Waals surface area contributed by atoms with Crippen LogP contribution in [0.4, 0.5) is 0 Å². The number of aromatic nitrogens is 7. The lowest BCUT2D eigenvalue weighted by Crippen LogP contribution is -2.24. The van der Waals surface area contributed by atoms with E-state index in [-0.39, 0.29) is 29.2 Å². The first-order valence-corrected chi connectivity index (χ1v) is 21.4. The first-order chi connectivity index (χ1) is 28.3. The van der Waals surface area contributed by atoms with Crippen LogP contribution >= 0.6 is 0 Å². The van der Waals surface area contributed by atoms with Gasteiger partial charge in [-0.3, -0.25) is 23.4 Å². The lowest BCUT2D eigenvalue weighted by Gasteiger charge is -2.14. The lowest BCUT2D eigenvalue weighted by atomic mass is 10.1. The summed E-state index contributed by atoms with van der Waals surface area (Å²) in [6.45, 7) is 1.15. The summed E-state index contributed by atoms with van der Waals surface area (Å²) in [6.07, 6.45) is 8.24. The molecule has 0 aliphatic heterocycles. The highest BCUT2D eigenvalue weighted by atomic mass is 32.3. The minimum atomic E-state index is -4.95. The van der Waals surface area contributed by atoms with Gasteiger partial charge in [0.2, 0.25) is 0 Å². The molecule has 3 aromatic heterocycles. The van der Waals surface area contributed by atoms with Gasteiger partial charge in [-0.25, -0.2) is 26.8 Å². The number of fused-ring (bicyclic) bond motifs is 2. The Balaban J connectivity index is 0.913. The third kappa shape index (κ3) is 10.4. The maximum Gasteiger partial charge on any atom is 0.262 e. The minimum absolute atomic E-state index is 0.0816. The normalized spacial score (nSPS) is 12.0. The Morgan fingerprint density at radius 1 is 0.542 bits per heavy atom. The van der Waals surface area contributed by atoms with Gasteiger partial charge in [0.25, 0.3) is 31.9 Å². The molecule has 0 fully saturated rings. The maximum atomic E-state index is 13.7. The Hall–Kier alpha value is -6.28. The van der Waals surface area contributed by atoms with Gasteiger partial charge in [-0.05, 0) is 85.6 Å². The van der Waals surface area contributed by atoms with E-state index in [4.69, 9.17) is 9.97 Å². The van der Waals surface area contributed by atoms with Crippen LogP contribution in [0.25, 0.3) is 44.6 Å². The van der Waals surface area contributed by atoms with E-state index >= 15 is 0 Å². The van der Waals surface area contributed by atoms with Crippen LogP contribution in [-0.4, -0.2) is 60.0 Å². The zero-order chi connectivity index (χ0) is 41.6. The van der Waals surface area contributed by atoms with Gasteiger partial charge in [0, 0.05) is 24.2 Å². The van der Waals surface area contributed by atoms with Crippen LogP contribution in [0.5, 0.6) is 11.5 Å². The number of benzene rings is 4. The molecule has 7 rings (SSSR count). The van der Waals surface area contributed by atoms with Gasteiger partial charge >= 0.3 is 0 Å². The molecule has 4 aromatic carbocycles. The Morgan fingerprint density at radius 3 is 1.49 bits per heavy atom. The van der Waals surface area contributed by atoms with E-state index in [1.165, 1.54) is 41.0 Å². The maximum absolute atomic E-state index is 13.7. The summed E-state index contributed by atoms with van der Waals surface area (Å²) in [5, 5.41) is 9.48. The first kappa shape index (κ1) is 40.9. The van der Waals surface area contributed by atoms with E-state index in [9.17, 15) is 35.5 Å². The standard InChI is InChI=1S/C40H39N7O10S2/c48-39-33-12-6-8-14-35(33)41-37(28-16-20-31(21-17-28)56-58(50,51)52)46(39)25-11-5-3-1-2-4-10-24-45-26-30(43-44-45)27-47-38(42-36-15-9-7-13-34(36)40(47)49)29-18-22-32(23-19-29)57-59(53,54)55/h6-9,12-23,26H,1-5,10-11,24-25,27H2,(H,50,51,52)(H,53,54,55)/p-2. The highest BCUT2D eigenvalue weighted by molar-refractivity contribution is 7.81. The highest BCUT2D eigenvalue weighted by Gasteiger charge is 2.16. The number of para-hydroxylation sites is 2.